The summed E-state index contributed by atoms with van der Waals surface area (Å²) in [5, 5.41) is 16.3. The first kappa shape index (κ1) is 12.8. The first-order valence-electron chi connectivity index (χ1n) is 5.69. The van der Waals surface area contributed by atoms with Crippen LogP contribution in [0.25, 0.3) is 11.0 Å². The van der Waals surface area contributed by atoms with Crippen LogP contribution in [0.1, 0.15) is 6.92 Å². The lowest BCUT2D eigenvalue weighted by Gasteiger charge is -2.02. The maximum absolute atomic E-state index is 10.7. The Morgan fingerprint density at radius 2 is 2.26 bits per heavy atom. The van der Waals surface area contributed by atoms with Gasteiger partial charge in [-0.05, 0) is 6.07 Å². The Kier molecular flexibility index (Phi) is 3.60. The standard InChI is InChI=1S/C11H13N5O3/c1-7(17)12-4-5-13-11-14-9-3-2-8(16(18)19)6-10(9)15-11/h2-3,6H,4-5H2,1H3,(H,12,17)(H2,13,14,15). The van der Waals surface area contributed by atoms with Crippen molar-refractivity contribution in [1.29, 1.82) is 0 Å². The van der Waals surface area contributed by atoms with E-state index in [-0.39, 0.29) is 11.6 Å². The van der Waals surface area contributed by atoms with E-state index in [1.807, 2.05) is 0 Å². The number of aromatic amines is 1. The van der Waals surface area contributed by atoms with Gasteiger partial charge >= 0.3 is 0 Å². The van der Waals surface area contributed by atoms with E-state index in [4.69, 9.17) is 0 Å². The number of nitro groups is 1. The molecule has 0 saturated carbocycles. The summed E-state index contributed by atoms with van der Waals surface area (Å²) >= 11 is 0. The fourth-order valence-electron chi connectivity index (χ4n) is 1.61. The van der Waals surface area contributed by atoms with Crippen molar-refractivity contribution in [3.05, 3.63) is 28.3 Å². The van der Waals surface area contributed by atoms with Crippen LogP contribution in [-0.4, -0.2) is 33.9 Å². The van der Waals surface area contributed by atoms with E-state index in [1.54, 1.807) is 6.07 Å². The molecule has 1 heterocycles. The van der Waals surface area contributed by atoms with Crippen LogP contribution < -0.4 is 10.6 Å². The molecule has 1 aromatic carbocycles. The first-order valence-corrected chi connectivity index (χ1v) is 5.69. The average molecular weight is 263 g/mol. The summed E-state index contributed by atoms with van der Waals surface area (Å²) in [6, 6.07) is 4.43. The third kappa shape index (κ3) is 3.18. The summed E-state index contributed by atoms with van der Waals surface area (Å²) < 4.78 is 0. The summed E-state index contributed by atoms with van der Waals surface area (Å²) in [6.07, 6.45) is 0. The quantitative estimate of drug-likeness (QED) is 0.423. The number of H-pyrrole nitrogens is 1. The number of carbonyl (C=O) groups excluding carboxylic acids is 1. The maximum Gasteiger partial charge on any atom is 0.271 e. The fourth-order valence-corrected chi connectivity index (χ4v) is 1.61. The molecule has 0 fully saturated rings. The predicted octanol–water partition coefficient (Wildman–Crippen LogP) is 1.02. The molecule has 100 valence electrons. The van der Waals surface area contributed by atoms with Crippen LogP contribution in [0, 0.1) is 10.1 Å². The van der Waals surface area contributed by atoms with Gasteiger partial charge in [-0.2, -0.15) is 0 Å². The van der Waals surface area contributed by atoms with Crippen LogP contribution in [0.3, 0.4) is 0 Å². The number of carbonyl (C=O) groups is 1. The molecule has 0 unspecified atom stereocenters. The van der Waals surface area contributed by atoms with Gasteiger partial charge in [-0.1, -0.05) is 0 Å². The highest BCUT2D eigenvalue weighted by atomic mass is 16.6. The maximum atomic E-state index is 10.7. The van der Waals surface area contributed by atoms with E-state index in [1.165, 1.54) is 19.1 Å². The van der Waals surface area contributed by atoms with Crippen molar-refractivity contribution >= 4 is 28.6 Å². The van der Waals surface area contributed by atoms with Gasteiger partial charge in [0.1, 0.15) is 0 Å². The topological polar surface area (TPSA) is 113 Å². The van der Waals surface area contributed by atoms with Gasteiger partial charge in [0.15, 0.2) is 0 Å². The molecule has 0 aliphatic carbocycles. The largest absolute Gasteiger partial charge is 0.355 e. The van der Waals surface area contributed by atoms with E-state index in [0.717, 1.165) is 0 Å². The van der Waals surface area contributed by atoms with Gasteiger partial charge in [0.2, 0.25) is 11.9 Å². The first-order chi connectivity index (χ1) is 9.06. The highest BCUT2D eigenvalue weighted by Crippen LogP contribution is 2.20. The number of non-ortho nitro benzene ring substituents is 1. The van der Waals surface area contributed by atoms with Crippen molar-refractivity contribution in [3.8, 4) is 0 Å². The van der Waals surface area contributed by atoms with Crippen molar-refractivity contribution in [2.75, 3.05) is 18.4 Å². The number of hydrogen-bond donors (Lipinski definition) is 3. The van der Waals surface area contributed by atoms with E-state index in [9.17, 15) is 14.9 Å². The number of rotatable bonds is 5. The monoisotopic (exact) mass is 263 g/mol. The molecular weight excluding hydrogens is 250 g/mol. The van der Waals surface area contributed by atoms with Gasteiger partial charge in [-0.25, -0.2) is 4.98 Å². The van der Waals surface area contributed by atoms with Crippen molar-refractivity contribution in [3.63, 3.8) is 0 Å². The summed E-state index contributed by atoms with van der Waals surface area (Å²) in [7, 11) is 0. The van der Waals surface area contributed by atoms with E-state index in [0.29, 0.717) is 30.1 Å². The molecule has 3 N–H and O–H groups in total. The second-order valence-electron chi connectivity index (χ2n) is 3.95. The Hall–Kier alpha value is -2.64. The Balaban J connectivity index is 2.04. The van der Waals surface area contributed by atoms with Crippen molar-refractivity contribution in [1.82, 2.24) is 15.3 Å². The second-order valence-corrected chi connectivity index (χ2v) is 3.95. The van der Waals surface area contributed by atoms with E-state index >= 15 is 0 Å². The highest BCUT2D eigenvalue weighted by molar-refractivity contribution is 5.79. The lowest BCUT2D eigenvalue weighted by Crippen LogP contribution is -2.26. The molecule has 0 bridgehead atoms. The lowest BCUT2D eigenvalue weighted by atomic mass is 10.3. The molecule has 1 aromatic heterocycles. The van der Waals surface area contributed by atoms with Crippen molar-refractivity contribution in [2.45, 2.75) is 6.92 Å². The minimum Gasteiger partial charge on any atom is -0.355 e. The minimum atomic E-state index is -0.454. The minimum absolute atomic E-state index is 0.0148. The summed E-state index contributed by atoms with van der Waals surface area (Å²) in [6.45, 7) is 2.44. The van der Waals surface area contributed by atoms with Gasteiger partial charge < -0.3 is 15.6 Å². The normalized spacial score (nSPS) is 10.4. The van der Waals surface area contributed by atoms with Gasteiger partial charge in [-0.15, -0.1) is 0 Å². The zero-order valence-corrected chi connectivity index (χ0v) is 10.3. The number of hydrogen-bond acceptors (Lipinski definition) is 5. The zero-order valence-electron chi connectivity index (χ0n) is 10.3. The zero-order chi connectivity index (χ0) is 13.8. The molecule has 0 atom stereocenters. The third-order valence-corrected chi connectivity index (χ3v) is 2.47. The van der Waals surface area contributed by atoms with Crippen LogP contribution in [0.2, 0.25) is 0 Å². The average Bonchev–Trinajstić information content (AvgIpc) is 2.75. The number of fused-ring (bicyclic) bond motifs is 1. The number of anilines is 1. The fraction of sp³-hybridized carbons (Fsp3) is 0.273. The predicted molar refractivity (Wildman–Crippen MR) is 69.9 cm³/mol. The smallest absolute Gasteiger partial charge is 0.271 e. The molecule has 1 amide bonds. The summed E-state index contributed by atoms with van der Waals surface area (Å²) in [5.74, 6) is 0.419. The SMILES string of the molecule is CC(=O)NCCNc1nc2ccc([N+](=O)[O-])cc2[nH]1. The van der Waals surface area contributed by atoms with Crippen molar-refractivity contribution in [2.24, 2.45) is 0 Å². The second kappa shape index (κ2) is 5.34. The van der Waals surface area contributed by atoms with Crippen LogP contribution in [0.5, 0.6) is 0 Å². The molecule has 0 radical (unpaired) electrons. The van der Waals surface area contributed by atoms with E-state index < -0.39 is 4.92 Å². The Labute approximate surface area is 108 Å². The van der Waals surface area contributed by atoms with E-state index in [2.05, 4.69) is 20.6 Å². The van der Waals surface area contributed by atoms with Gasteiger partial charge in [0.25, 0.3) is 5.69 Å². The number of amides is 1. The Morgan fingerprint density at radius 1 is 1.47 bits per heavy atom. The van der Waals surface area contributed by atoms with Gasteiger partial charge in [0.05, 0.1) is 16.0 Å². The lowest BCUT2D eigenvalue weighted by molar-refractivity contribution is -0.384. The van der Waals surface area contributed by atoms with Crippen molar-refractivity contribution < 1.29 is 9.72 Å². The summed E-state index contributed by atoms with van der Waals surface area (Å²) in [5.41, 5.74) is 1.25. The molecule has 2 rings (SSSR count). The number of nitro benzene ring substituents is 1. The molecule has 19 heavy (non-hydrogen) atoms. The molecule has 0 saturated heterocycles. The van der Waals surface area contributed by atoms with Gasteiger partial charge in [0, 0.05) is 32.1 Å². The Morgan fingerprint density at radius 3 is 2.95 bits per heavy atom. The Bertz CT molecular complexity index is 622. The molecule has 0 aliphatic rings. The number of benzene rings is 1. The molecular formula is C11H13N5O3. The molecule has 0 spiro atoms. The number of nitrogens with one attached hydrogen (secondary N) is 3. The molecule has 2 aromatic rings. The third-order valence-electron chi connectivity index (χ3n) is 2.47. The van der Waals surface area contributed by atoms with Crippen LogP contribution in [0.15, 0.2) is 18.2 Å². The molecule has 0 aliphatic heterocycles. The molecule has 8 heteroatoms. The number of aromatic nitrogens is 2. The van der Waals surface area contributed by atoms with Gasteiger partial charge in [-0.3, -0.25) is 14.9 Å². The van der Waals surface area contributed by atoms with Crippen LogP contribution in [-0.2, 0) is 4.79 Å². The van der Waals surface area contributed by atoms with Crippen LogP contribution >= 0.6 is 0 Å². The number of nitrogens with zero attached hydrogens (tertiary/aromatic N) is 2. The highest BCUT2D eigenvalue weighted by Gasteiger charge is 2.09. The van der Waals surface area contributed by atoms with Crippen LogP contribution in [0.4, 0.5) is 11.6 Å². The number of imidazole rings is 1. The summed E-state index contributed by atoms with van der Waals surface area (Å²) in [4.78, 5) is 28.0. The molecule has 8 nitrogen and oxygen atoms in total.